The van der Waals surface area contributed by atoms with E-state index in [-0.39, 0.29) is 11.9 Å². The van der Waals surface area contributed by atoms with Gasteiger partial charge in [0.15, 0.2) is 0 Å². The minimum atomic E-state index is 0.131. The molecule has 1 aliphatic heterocycles. The molecule has 2 heterocycles. The minimum Gasteiger partial charge on any atom is -0.348 e. The third-order valence-electron chi connectivity index (χ3n) is 5.28. The number of nitrogens with zero attached hydrogens (tertiary/aromatic N) is 4. The molecule has 4 rings (SSSR count). The zero-order chi connectivity index (χ0) is 17.1. The van der Waals surface area contributed by atoms with Crippen molar-refractivity contribution in [3.63, 3.8) is 0 Å². The topological polar surface area (TPSA) is 63.1 Å². The first kappa shape index (κ1) is 16.3. The first-order valence-electron chi connectivity index (χ1n) is 9.20. The van der Waals surface area contributed by atoms with Crippen molar-refractivity contribution in [2.24, 2.45) is 5.92 Å². The van der Waals surface area contributed by atoms with Gasteiger partial charge >= 0.3 is 0 Å². The van der Waals surface area contributed by atoms with Crippen molar-refractivity contribution in [2.45, 2.75) is 44.3 Å². The second-order valence-electron chi connectivity index (χ2n) is 7.18. The second kappa shape index (κ2) is 7.35. The molecule has 1 aromatic carbocycles. The van der Waals surface area contributed by atoms with Gasteiger partial charge in [-0.25, -0.2) is 4.98 Å². The largest absolute Gasteiger partial charge is 0.348 e. The monoisotopic (exact) mass is 339 g/mol. The highest BCUT2D eigenvalue weighted by Gasteiger charge is 2.34. The van der Waals surface area contributed by atoms with E-state index in [9.17, 15) is 4.79 Å². The van der Waals surface area contributed by atoms with E-state index in [0.717, 1.165) is 25.9 Å². The maximum absolute atomic E-state index is 12.7. The molecule has 2 atom stereocenters. The normalized spacial score (nSPS) is 22.0. The van der Waals surface area contributed by atoms with Crippen LogP contribution in [0.5, 0.6) is 0 Å². The van der Waals surface area contributed by atoms with Crippen LogP contribution < -0.4 is 5.32 Å². The van der Waals surface area contributed by atoms with Crippen LogP contribution in [0.15, 0.2) is 43.0 Å². The number of benzene rings is 1. The van der Waals surface area contributed by atoms with Crippen molar-refractivity contribution >= 4 is 5.91 Å². The predicted octanol–water partition coefficient (Wildman–Crippen LogP) is 2.01. The molecule has 6 nitrogen and oxygen atoms in total. The second-order valence-corrected chi connectivity index (χ2v) is 7.18. The fourth-order valence-corrected chi connectivity index (χ4v) is 3.82. The summed E-state index contributed by atoms with van der Waals surface area (Å²) < 4.78 is 1.86. The third-order valence-corrected chi connectivity index (χ3v) is 5.28. The number of rotatable bonds is 7. The molecule has 2 fully saturated rings. The van der Waals surface area contributed by atoms with Gasteiger partial charge < -0.3 is 5.32 Å². The number of carbonyl (C=O) groups excluding carboxylic acids is 1. The Morgan fingerprint density at radius 3 is 2.80 bits per heavy atom. The molecule has 1 amide bonds. The minimum absolute atomic E-state index is 0.131. The molecule has 2 aliphatic rings. The van der Waals surface area contributed by atoms with E-state index in [1.54, 1.807) is 12.7 Å². The first-order chi connectivity index (χ1) is 12.3. The Labute approximate surface area is 148 Å². The lowest BCUT2D eigenvalue weighted by atomic mass is 10.0. The molecule has 1 saturated heterocycles. The number of aromatic nitrogens is 3. The Bertz CT molecular complexity index is 683. The predicted molar refractivity (Wildman–Crippen MR) is 94.7 cm³/mol. The van der Waals surface area contributed by atoms with E-state index in [1.165, 1.54) is 18.4 Å². The summed E-state index contributed by atoms with van der Waals surface area (Å²) in [6.45, 7) is 2.25. The molecule has 6 heteroatoms. The van der Waals surface area contributed by atoms with E-state index in [2.05, 4.69) is 32.4 Å². The SMILES string of the molecule is O=C(CN1CCC[C@@H]1Cn1cncn1)N[C@H](c1ccccc1)C1CC1. The van der Waals surface area contributed by atoms with Crippen LogP contribution in [0.3, 0.4) is 0 Å². The molecule has 1 N–H and O–H groups in total. The zero-order valence-corrected chi connectivity index (χ0v) is 14.4. The van der Waals surface area contributed by atoms with Crippen molar-refractivity contribution in [3.8, 4) is 0 Å². The lowest BCUT2D eigenvalue weighted by Gasteiger charge is -2.25. The average Bonchev–Trinajstić information content (AvgIpc) is 3.17. The van der Waals surface area contributed by atoms with Crippen LogP contribution in [0.1, 0.15) is 37.3 Å². The van der Waals surface area contributed by atoms with Gasteiger partial charge in [0.05, 0.1) is 19.1 Å². The molecule has 2 aromatic rings. The molecule has 0 bridgehead atoms. The molecule has 132 valence electrons. The highest BCUT2D eigenvalue weighted by atomic mass is 16.2. The summed E-state index contributed by atoms with van der Waals surface area (Å²) in [5, 5.41) is 7.48. The number of likely N-dealkylation sites (tertiary alicyclic amines) is 1. The van der Waals surface area contributed by atoms with Crippen LogP contribution in [-0.4, -0.2) is 44.7 Å². The number of amides is 1. The quantitative estimate of drug-likeness (QED) is 0.838. The summed E-state index contributed by atoms with van der Waals surface area (Å²) in [6, 6.07) is 10.9. The number of nitrogens with one attached hydrogen (secondary N) is 1. The van der Waals surface area contributed by atoms with Crippen molar-refractivity contribution in [1.29, 1.82) is 0 Å². The van der Waals surface area contributed by atoms with E-state index in [0.29, 0.717) is 18.5 Å². The third kappa shape index (κ3) is 4.07. The molecule has 0 unspecified atom stereocenters. The molecule has 0 spiro atoms. The van der Waals surface area contributed by atoms with Gasteiger partial charge in [0.1, 0.15) is 12.7 Å². The van der Waals surface area contributed by atoms with Crippen molar-refractivity contribution in [1.82, 2.24) is 25.0 Å². The summed E-state index contributed by atoms with van der Waals surface area (Å²) in [4.78, 5) is 19.0. The van der Waals surface area contributed by atoms with Crippen LogP contribution in [0.25, 0.3) is 0 Å². The molecular formula is C19H25N5O. The van der Waals surface area contributed by atoms with Crippen LogP contribution in [-0.2, 0) is 11.3 Å². The van der Waals surface area contributed by atoms with Gasteiger partial charge in [-0.2, -0.15) is 5.10 Å². The van der Waals surface area contributed by atoms with Gasteiger partial charge in [-0.1, -0.05) is 30.3 Å². The smallest absolute Gasteiger partial charge is 0.234 e. The van der Waals surface area contributed by atoms with Crippen molar-refractivity contribution in [2.75, 3.05) is 13.1 Å². The first-order valence-corrected chi connectivity index (χ1v) is 9.20. The van der Waals surface area contributed by atoms with Crippen LogP contribution in [0.2, 0.25) is 0 Å². The Kier molecular flexibility index (Phi) is 4.78. The van der Waals surface area contributed by atoms with Gasteiger partial charge in [-0.15, -0.1) is 0 Å². The lowest BCUT2D eigenvalue weighted by molar-refractivity contribution is -0.123. The van der Waals surface area contributed by atoms with Gasteiger partial charge in [-0.3, -0.25) is 14.4 Å². The molecular weight excluding hydrogens is 314 g/mol. The highest BCUT2D eigenvalue weighted by Crippen LogP contribution is 2.40. The summed E-state index contributed by atoms with van der Waals surface area (Å²) in [6.07, 6.45) is 7.97. The fourth-order valence-electron chi connectivity index (χ4n) is 3.82. The van der Waals surface area contributed by atoms with E-state index >= 15 is 0 Å². The van der Waals surface area contributed by atoms with Crippen molar-refractivity contribution in [3.05, 3.63) is 48.5 Å². The Morgan fingerprint density at radius 1 is 1.24 bits per heavy atom. The Hall–Kier alpha value is -2.21. The van der Waals surface area contributed by atoms with Crippen LogP contribution in [0, 0.1) is 5.92 Å². The summed E-state index contributed by atoms with van der Waals surface area (Å²) in [7, 11) is 0. The highest BCUT2D eigenvalue weighted by molar-refractivity contribution is 5.78. The van der Waals surface area contributed by atoms with Gasteiger partial charge in [0.2, 0.25) is 5.91 Å². The number of hydrogen-bond donors (Lipinski definition) is 1. The van der Waals surface area contributed by atoms with Crippen molar-refractivity contribution < 1.29 is 4.79 Å². The number of hydrogen-bond acceptors (Lipinski definition) is 4. The summed E-state index contributed by atoms with van der Waals surface area (Å²) in [5.74, 6) is 0.724. The maximum atomic E-state index is 12.7. The molecule has 25 heavy (non-hydrogen) atoms. The zero-order valence-electron chi connectivity index (χ0n) is 14.4. The molecule has 1 aliphatic carbocycles. The standard InChI is InChI=1S/C19H25N5O/c25-18(22-19(16-8-9-16)15-5-2-1-3-6-15)12-23-10-4-7-17(23)11-24-14-20-13-21-24/h1-3,5-6,13-14,16-17,19H,4,7-12H2,(H,22,25)/t17-,19-/m1/s1. The molecule has 1 saturated carbocycles. The Balaban J connectivity index is 1.36. The lowest BCUT2D eigenvalue weighted by Crippen LogP contribution is -2.42. The maximum Gasteiger partial charge on any atom is 0.234 e. The van der Waals surface area contributed by atoms with E-state index in [4.69, 9.17) is 0 Å². The van der Waals surface area contributed by atoms with Gasteiger partial charge in [0.25, 0.3) is 0 Å². The van der Waals surface area contributed by atoms with Crippen LogP contribution in [0.4, 0.5) is 0 Å². The fraction of sp³-hybridized carbons (Fsp3) is 0.526. The van der Waals surface area contributed by atoms with E-state index < -0.39 is 0 Å². The van der Waals surface area contributed by atoms with E-state index in [1.807, 2.05) is 22.9 Å². The van der Waals surface area contributed by atoms with Crippen LogP contribution >= 0.6 is 0 Å². The summed E-state index contributed by atoms with van der Waals surface area (Å²) in [5.41, 5.74) is 1.22. The summed E-state index contributed by atoms with van der Waals surface area (Å²) >= 11 is 0. The Morgan fingerprint density at radius 2 is 2.08 bits per heavy atom. The van der Waals surface area contributed by atoms with Gasteiger partial charge in [0, 0.05) is 6.04 Å². The van der Waals surface area contributed by atoms with Gasteiger partial charge in [-0.05, 0) is 43.7 Å². The molecule has 0 radical (unpaired) electrons. The number of carbonyl (C=O) groups is 1. The molecule has 1 aromatic heterocycles. The average molecular weight is 339 g/mol.